The molecule has 4 aromatic carbocycles. The third-order valence-corrected chi connectivity index (χ3v) is 7.26. The fourth-order valence-corrected chi connectivity index (χ4v) is 4.96. The van der Waals surface area contributed by atoms with E-state index in [1.807, 2.05) is 72.8 Å². The smallest absolute Gasteiger partial charge is 0.243 e. The molecule has 0 aliphatic carbocycles. The van der Waals surface area contributed by atoms with Gasteiger partial charge >= 0.3 is 0 Å². The van der Waals surface area contributed by atoms with Gasteiger partial charge in [0.1, 0.15) is 6.04 Å². The van der Waals surface area contributed by atoms with Crippen molar-refractivity contribution in [1.82, 2.24) is 10.2 Å². The van der Waals surface area contributed by atoms with Crippen LogP contribution in [-0.2, 0) is 29.0 Å². The van der Waals surface area contributed by atoms with Crippen LogP contribution in [0.2, 0.25) is 5.02 Å². The van der Waals surface area contributed by atoms with Crippen molar-refractivity contribution in [2.24, 2.45) is 0 Å². The monoisotopic (exact) mass is 526 g/mol. The summed E-state index contributed by atoms with van der Waals surface area (Å²) in [5, 5.41) is 5.97. The first-order valence-electron chi connectivity index (χ1n) is 13.4. The van der Waals surface area contributed by atoms with Gasteiger partial charge in [0.2, 0.25) is 11.8 Å². The number of unbranched alkanes of at least 4 members (excludes halogenated alkanes) is 1. The summed E-state index contributed by atoms with van der Waals surface area (Å²) in [7, 11) is 0. The molecule has 1 N–H and O–H groups in total. The lowest BCUT2D eigenvalue weighted by atomic mass is 9.99. The van der Waals surface area contributed by atoms with E-state index >= 15 is 0 Å². The summed E-state index contributed by atoms with van der Waals surface area (Å²) in [6.45, 7) is 2.95. The third kappa shape index (κ3) is 7.23. The number of hydrogen-bond acceptors (Lipinski definition) is 2. The average Bonchev–Trinajstić information content (AvgIpc) is 2.95. The van der Waals surface area contributed by atoms with Gasteiger partial charge < -0.3 is 10.2 Å². The maximum Gasteiger partial charge on any atom is 0.243 e. The van der Waals surface area contributed by atoms with Crippen LogP contribution in [0.5, 0.6) is 0 Å². The molecule has 0 fully saturated rings. The van der Waals surface area contributed by atoms with Crippen molar-refractivity contribution in [1.29, 1.82) is 0 Å². The Morgan fingerprint density at radius 2 is 1.53 bits per heavy atom. The zero-order valence-corrected chi connectivity index (χ0v) is 22.7. The standard InChI is InChI=1S/C33H35ClN2O2/c1-2-3-22-35-33(38)31(23-25-12-5-4-6-13-25)36(24-28-15-8-10-19-30(28)34)32(37)21-20-27-17-11-16-26-14-7-9-18-29(26)27/h4-19,31H,2-3,20-24H2,1H3,(H,35,38)/t31-/m1/s1. The topological polar surface area (TPSA) is 49.4 Å². The Morgan fingerprint density at radius 3 is 2.32 bits per heavy atom. The van der Waals surface area contributed by atoms with Gasteiger partial charge in [0.15, 0.2) is 0 Å². The van der Waals surface area contributed by atoms with Gasteiger partial charge in [-0.05, 0) is 46.4 Å². The van der Waals surface area contributed by atoms with Crippen molar-refractivity contribution < 1.29 is 9.59 Å². The van der Waals surface area contributed by atoms with Crippen LogP contribution in [0.1, 0.15) is 42.9 Å². The van der Waals surface area contributed by atoms with E-state index in [-0.39, 0.29) is 18.4 Å². The van der Waals surface area contributed by atoms with Crippen LogP contribution in [0.4, 0.5) is 0 Å². The maximum atomic E-state index is 13.9. The number of carbonyl (C=O) groups is 2. The van der Waals surface area contributed by atoms with Gasteiger partial charge in [0, 0.05) is 31.0 Å². The summed E-state index contributed by atoms with van der Waals surface area (Å²) in [5.41, 5.74) is 2.96. The van der Waals surface area contributed by atoms with E-state index in [1.54, 1.807) is 4.90 Å². The molecule has 0 unspecified atom stereocenters. The fourth-order valence-electron chi connectivity index (χ4n) is 4.77. The second kappa shape index (κ2) is 13.8. The Morgan fingerprint density at radius 1 is 0.842 bits per heavy atom. The Hall–Kier alpha value is -3.63. The van der Waals surface area contributed by atoms with E-state index in [9.17, 15) is 9.59 Å². The minimum absolute atomic E-state index is 0.0653. The highest BCUT2D eigenvalue weighted by Crippen LogP contribution is 2.23. The predicted octanol–water partition coefficient (Wildman–Crippen LogP) is 6.98. The Balaban J connectivity index is 1.63. The molecule has 4 nitrogen and oxygen atoms in total. The molecule has 5 heteroatoms. The summed E-state index contributed by atoms with van der Waals surface area (Å²) in [4.78, 5) is 29.2. The minimum Gasteiger partial charge on any atom is -0.354 e. The van der Waals surface area contributed by atoms with E-state index in [1.165, 1.54) is 0 Å². The molecular formula is C33H35ClN2O2. The number of benzene rings is 4. The number of amides is 2. The van der Waals surface area contributed by atoms with Gasteiger partial charge in [0.25, 0.3) is 0 Å². The Bertz CT molecular complexity index is 1350. The fraction of sp³-hybridized carbons (Fsp3) is 0.273. The molecule has 4 aromatic rings. The number of carbonyl (C=O) groups excluding carboxylic acids is 2. The molecule has 0 aliphatic rings. The van der Waals surface area contributed by atoms with Crippen LogP contribution in [0.3, 0.4) is 0 Å². The van der Waals surface area contributed by atoms with Crippen LogP contribution in [0.15, 0.2) is 97.1 Å². The van der Waals surface area contributed by atoms with E-state index in [0.717, 1.165) is 40.3 Å². The van der Waals surface area contributed by atoms with Crippen molar-refractivity contribution in [3.63, 3.8) is 0 Å². The van der Waals surface area contributed by atoms with Crippen LogP contribution in [0.25, 0.3) is 10.8 Å². The molecule has 196 valence electrons. The average molecular weight is 527 g/mol. The van der Waals surface area contributed by atoms with Gasteiger partial charge in [-0.15, -0.1) is 0 Å². The van der Waals surface area contributed by atoms with E-state index in [4.69, 9.17) is 11.6 Å². The van der Waals surface area contributed by atoms with Crippen molar-refractivity contribution >= 4 is 34.2 Å². The number of rotatable bonds is 12. The number of hydrogen-bond donors (Lipinski definition) is 1. The van der Waals surface area contributed by atoms with E-state index < -0.39 is 6.04 Å². The van der Waals surface area contributed by atoms with E-state index in [0.29, 0.717) is 30.8 Å². The molecule has 1 atom stereocenters. The van der Waals surface area contributed by atoms with Gasteiger partial charge in [-0.1, -0.05) is 116 Å². The molecule has 4 rings (SSSR count). The molecule has 0 saturated carbocycles. The maximum absolute atomic E-state index is 13.9. The Labute approximate surface area is 230 Å². The lowest BCUT2D eigenvalue weighted by Gasteiger charge is -2.32. The zero-order chi connectivity index (χ0) is 26.7. The molecule has 0 spiro atoms. The van der Waals surface area contributed by atoms with Crippen LogP contribution in [-0.4, -0.2) is 29.3 Å². The lowest BCUT2D eigenvalue weighted by molar-refractivity contribution is -0.141. The minimum atomic E-state index is -0.648. The molecule has 0 bridgehead atoms. The van der Waals surface area contributed by atoms with Crippen molar-refractivity contribution in [3.8, 4) is 0 Å². The molecule has 2 amide bonds. The van der Waals surface area contributed by atoms with Gasteiger partial charge in [-0.2, -0.15) is 0 Å². The van der Waals surface area contributed by atoms with Gasteiger partial charge in [-0.25, -0.2) is 0 Å². The van der Waals surface area contributed by atoms with Crippen LogP contribution < -0.4 is 5.32 Å². The molecule has 0 saturated heterocycles. The molecule has 0 aromatic heterocycles. The Kier molecular flexibility index (Phi) is 9.94. The molecule has 0 radical (unpaired) electrons. The summed E-state index contributed by atoms with van der Waals surface area (Å²) >= 11 is 6.52. The SMILES string of the molecule is CCCCNC(=O)[C@@H](Cc1ccccc1)N(Cc1ccccc1Cl)C(=O)CCc1cccc2ccccc12. The molecule has 0 heterocycles. The van der Waals surface area contributed by atoms with Crippen molar-refractivity contribution in [2.75, 3.05) is 6.54 Å². The lowest BCUT2D eigenvalue weighted by Crippen LogP contribution is -2.50. The van der Waals surface area contributed by atoms with Gasteiger partial charge in [0.05, 0.1) is 0 Å². The summed E-state index contributed by atoms with van der Waals surface area (Å²) < 4.78 is 0. The van der Waals surface area contributed by atoms with Gasteiger partial charge in [-0.3, -0.25) is 9.59 Å². The normalized spacial score (nSPS) is 11.7. The number of nitrogens with one attached hydrogen (secondary N) is 1. The predicted molar refractivity (Wildman–Crippen MR) is 156 cm³/mol. The summed E-state index contributed by atoms with van der Waals surface area (Å²) in [5.74, 6) is -0.197. The first-order chi connectivity index (χ1) is 18.6. The third-order valence-electron chi connectivity index (χ3n) is 6.89. The first kappa shape index (κ1) is 27.4. The number of halogens is 1. The van der Waals surface area contributed by atoms with Crippen molar-refractivity contribution in [2.45, 2.75) is 51.6 Å². The highest BCUT2D eigenvalue weighted by atomic mass is 35.5. The highest BCUT2D eigenvalue weighted by molar-refractivity contribution is 6.31. The summed E-state index contributed by atoms with van der Waals surface area (Å²) in [6.07, 6.45) is 3.20. The van der Waals surface area contributed by atoms with Crippen LogP contribution >= 0.6 is 11.6 Å². The highest BCUT2D eigenvalue weighted by Gasteiger charge is 2.30. The molecule has 38 heavy (non-hydrogen) atoms. The molecule has 0 aliphatic heterocycles. The van der Waals surface area contributed by atoms with Crippen LogP contribution in [0, 0.1) is 0 Å². The first-order valence-corrected chi connectivity index (χ1v) is 13.8. The number of fused-ring (bicyclic) bond motifs is 1. The largest absolute Gasteiger partial charge is 0.354 e. The zero-order valence-electron chi connectivity index (χ0n) is 21.9. The number of nitrogens with zero attached hydrogens (tertiary/aromatic N) is 1. The van der Waals surface area contributed by atoms with E-state index in [2.05, 4.69) is 36.5 Å². The van der Waals surface area contributed by atoms with Crippen molar-refractivity contribution in [3.05, 3.63) is 119 Å². The summed E-state index contributed by atoms with van der Waals surface area (Å²) in [6, 6.07) is 31.2. The number of aryl methyl sites for hydroxylation is 1. The second-order valence-electron chi connectivity index (χ2n) is 9.60. The quantitative estimate of drug-likeness (QED) is 0.202. The molecular weight excluding hydrogens is 492 g/mol. The second-order valence-corrected chi connectivity index (χ2v) is 10.0.